The van der Waals surface area contributed by atoms with Gasteiger partial charge in [-0.25, -0.2) is 4.79 Å². The maximum atomic E-state index is 11.4. The van der Waals surface area contributed by atoms with Crippen molar-refractivity contribution in [2.45, 2.75) is 59.8 Å². The number of hydrogen-bond acceptors (Lipinski definition) is 2. The zero-order chi connectivity index (χ0) is 11.7. The van der Waals surface area contributed by atoms with Gasteiger partial charge in [-0.3, -0.25) is 0 Å². The number of unbranched alkanes of at least 4 members (excludes halogenated alkanes) is 4. The lowest BCUT2D eigenvalue weighted by atomic mass is 10.1. The quantitative estimate of drug-likeness (QED) is 0.364. The summed E-state index contributed by atoms with van der Waals surface area (Å²) in [7, 11) is 0. The van der Waals surface area contributed by atoms with E-state index in [-0.39, 0.29) is 5.97 Å². The summed E-state index contributed by atoms with van der Waals surface area (Å²) in [6.45, 7) is 8.43. The highest BCUT2D eigenvalue weighted by Gasteiger charge is 2.06. The molecule has 2 nitrogen and oxygen atoms in total. The Labute approximate surface area is 93.7 Å². The van der Waals surface area contributed by atoms with Crippen molar-refractivity contribution in [1.29, 1.82) is 0 Å². The van der Waals surface area contributed by atoms with E-state index in [1.165, 1.54) is 19.3 Å². The van der Waals surface area contributed by atoms with Crippen molar-refractivity contribution in [3.63, 3.8) is 0 Å². The van der Waals surface area contributed by atoms with E-state index in [1.54, 1.807) is 0 Å². The number of carbonyl (C=O) groups is 1. The molecule has 0 rings (SSSR count). The summed E-state index contributed by atoms with van der Waals surface area (Å²) in [6, 6.07) is 0. The Balaban J connectivity index is 3.52. The molecular weight excluding hydrogens is 188 g/mol. The lowest BCUT2D eigenvalue weighted by Crippen LogP contribution is -2.08. The molecule has 0 heterocycles. The molecule has 0 aliphatic heterocycles. The van der Waals surface area contributed by atoms with Gasteiger partial charge in [-0.2, -0.15) is 0 Å². The van der Waals surface area contributed by atoms with Gasteiger partial charge in [0.15, 0.2) is 0 Å². The molecule has 0 radical (unpaired) electrons. The Morgan fingerprint density at radius 2 is 1.60 bits per heavy atom. The predicted octanol–water partition coefficient (Wildman–Crippen LogP) is 3.86. The van der Waals surface area contributed by atoms with Gasteiger partial charge in [0.05, 0.1) is 6.61 Å². The first-order valence-electron chi connectivity index (χ1n) is 5.90. The molecule has 0 N–H and O–H groups in total. The van der Waals surface area contributed by atoms with Gasteiger partial charge in [-0.15, -0.1) is 0 Å². The predicted molar refractivity (Wildman–Crippen MR) is 63.8 cm³/mol. The topological polar surface area (TPSA) is 26.3 Å². The molecule has 0 aromatic carbocycles. The summed E-state index contributed by atoms with van der Waals surface area (Å²) >= 11 is 0. The molecule has 0 bridgehead atoms. The van der Waals surface area contributed by atoms with Gasteiger partial charge < -0.3 is 4.74 Å². The summed E-state index contributed by atoms with van der Waals surface area (Å²) in [5.74, 6) is -0.162. The van der Waals surface area contributed by atoms with Crippen LogP contribution in [0.25, 0.3) is 0 Å². The summed E-state index contributed by atoms with van der Waals surface area (Å²) < 4.78 is 5.15. The second-order valence-electron chi connectivity index (χ2n) is 4.18. The molecule has 0 spiro atoms. The van der Waals surface area contributed by atoms with Crippen LogP contribution in [-0.2, 0) is 9.53 Å². The molecule has 0 unspecified atom stereocenters. The third-order valence-electron chi connectivity index (χ3n) is 2.54. The van der Waals surface area contributed by atoms with E-state index in [9.17, 15) is 4.79 Å². The Morgan fingerprint density at radius 3 is 2.13 bits per heavy atom. The van der Waals surface area contributed by atoms with E-state index in [0.29, 0.717) is 6.61 Å². The zero-order valence-corrected chi connectivity index (χ0v) is 10.6. The van der Waals surface area contributed by atoms with Gasteiger partial charge >= 0.3 is 5.97 Å². The summed E-state index contributed by atoms with van der Waals surface area (Å²) in [4.78, 5) is 11.4. The normalized spacial score (nSPS) is 9.87. The molecule has 0 saturated heterocycles. The van der Waals surface area contributed by atoms with Crippen LogP contribution in [0.3, 0.4) is 0 Å². The van der Waals surface area contributed by atoms with E-state index in [1.807, 2.05) is 20.8 Å². The van der Waals surface area contributed by atoms with Crippen LogP contribution in [0.2, 0.25) is 0 Å². The van der Waals surface area contributed by atoms with Crippen LogP contribution < -0.4 is 0 Å². The second-order valence-corrected chi connectivity index (χ2v) is 4.18. The Hall–Kier alpha value is -0.790. The highest BCUT2D eigenvalue weighted by molar-refractivity contribution is 5.88. The van der Waals surface area contributed by atoms with Crippen molar-refractivity contribution in [3.8, 4) is 0 Å². The van der Waals surface area contributed by atoms with Gasteiger partial charge in [-0.05, 0) is 27.2 Å². The first-order chi connectivity index (χ1) is 7.09. The molecule has 0 amide bonds. The van der Waals surface area contributed by atoms with Crippen LogP contribution in [0.1, 0.15) is 59.8 Å². The highest BCUT2D eigenvalue weighted by atomic mass is 16.5. The molecule has 0 fully saturated rings. The maximum Gasteiger partial charge on any atom is 0.333 e. The van der Waals surface area contributed by atoms with Crippen LogP contribution in [0.15, 0.2) is 11.1 Å². The molecule has 0 aromatic heterocycles. The van der Waals surface area contributed by atoms with Gasteiger partial charge in [0.25, 0.3) is 0 Å². The fourth-order valence-corrected chi connectivity index (χ4v) is 1.18. The molecule has 0 saturated carbocycles. The van der Waals surface area contributed by atoms with E-state index < -0.39 is 0 Å². The van der Waals surface area contributed by atoms with Gasteiger partial charge in [0, 0.05) is 5.57 Å². The number of esters is 1. The molecule has 88 valence electrons. The highest BCUT2D eigenvalue weighted by Crippen LogP contribution is 2.06. The maximum absolute atomic E-state index is 11.4. The number of ether oxygens (including phenoxy) is 1. The number of hydrogen-bond donors (Lipinski definition) is 0. The fourth-order valence-electron chi connectivity index (χ4n) is 1.18. The molecule has 0 aliphatic rings. The minimum atomic E-state index is -0.162. The first kappa shape index (κ1) is 14.2. The molecule has 0 atom stereocenters. The number of rotatable bonds is 7. The zero-order valence-electron chi connectivity index (χ0n) is 10.6. The summed E-state index contributed by atoms with van der Waals surface area (Å²) in [5, 5.41) is 0. The Kier molecular flexibility index (Phi) is 8.06. The average molecular weight is 212 g/mol. The summed E-state index contributed by atoms with van der Waals surface area (Å²) in [5.41, 5.74) is 1.77. The minimum absolute atomic E-state index is 0.162. The Bertz CT molecular complexity index is 213. The van der Waals surface area contributed by atoms with Crippen LogP contribution in [0.4, 0.5) is 0 Å². The standard InChI is InChI=1S/C13H24O2/c1-5-6-7-8-9-10-15-13(14)12(4)11(2)3/h5-10H2,1-4H3. The van der Waals surface area contributed by atoms with Crippen molar-refractivity contribution in [2.75, 3.05) is 6.61 Å². The van der Waals surface area contributed by atoms with E-state index in [4.69, 9.17) is 4.74 Å². The smallest absolute Gasteiger partial charge is 0.333 e. The van der Waals surface area contributed by atoms with E-state index in [0.717, 1.165) is 24.0 Å². The van der Waals surface area contributed by atoms with Crippen molar-refractivity contribution in [3.05, 3.63) is 11.1 Å². The number of carbonyl (C=O) groups excluding carboxylic acids is 1. The van der Waals surface area contributed by atoms with Gasteiger partial charge in [-0.1, -0.05) is 38.2 Å². The molecule has 15 heavy (non-hydrogen) atoms. The number of allylic oxidation sites excluding steroid dienone is 1. The van der Waals surface area contributed by atoms with Crippen LogP contribution in [0.5, 0.6) is 0 Å². The third kappa shape index (κ3) is 7.18. The average Bonchev–Trinajstić information content (AvgIpc) is 2.21. The second kappa shape index (κ2) is 8.51. The monoisotopic (exact) mass is 212 g/mol. The molecule has 0 aliphatic carbocycles. The van der Waals surface area contributed by atoms with Crippen LogP contribution in [0, 0.1) is 0 Å². The van der Waals surface area contributed by atoms with Gasteiger partial charge in [0.2, 0.25) is 0 Å². The Morgan fingerprint density at radius 1 is 1.00 bits per heavy atom. The SMILES string of the molecule is CCCCCCCOC(=O)C(C)=C(C)C. The molecule has 0 aromatic rings. The minimum Gasteiger partial charge on any atom is -0.462 e. The van der Waals surface area contributed by atoms with E-state index >= 15 is 0 Å². The van der Waals surface area contributed by atoms with Gasteiger partial charge in [0.1, 0.15) is 0 Å². The third-order valence-corrected chi connectivity index (χ3v) is 2.54. The van der Waals surface area contributed by atoms with Crippen LogP contribution in [-0.4, -0.2) is 12.6 Å². The lowest BCUT2D eigenvalue weighted by Gasteiger charge is -2.05. The molecular formula is C13H24O2. The van der Waals surface area contributed by atoms with Crippen molar-refractivity contribution in [1.82, 2.24) is 0 Å². The van der Waals surface area contributed by atoms with Crippen LogP contribution >= 0.6 is 0 Å². The van der Waals surface area contributed by atoms with Crippen molar-refractivity contribution >= 4 is 5.97 Å². The lowest BCUT2D eigenvalue weighted by molar-refractivity contribution is -0.139. The van der Waals surface area contributed by atoms with E-state index in [2.05, 4.69) is 6.92 Å². The van der Waals surface area contributed by atoms with Crippen molar-refractivity contribution < 1.29 is 9.53 Å². The molecule has 2 heteroatoms. The summed E-state index contributed by atoms with van der Waals surface area (Å²) in [6.07, 6.45) is 5.92. The first-order valence-corrected chi connectivity index (χ1v) is 5.90. The largest absolute Gasteiger partial charge is 0.462 e. The fraction of sp³-hybridized carbons (Fsp3) is 0.769. The van der Waals surface area contributed by atoms with Crippen molar-refractivity contribution in [2.24, 2.45) is 0 Å².